The van der Waals surface area contributed by atoms with Crippen molar-refractivity contribution in [2.75, 3.05) is 24.5 Å². The van der Waals surface area contributed by atoms with E-state index in [1.54, 1.807) is 12.4 Å². The van der Waals surface area contributed by atoms with Crippen molar-refractivity contribution in [3.8, 4) is 0 Å². The maximum absolute atomic E-state index is 12.4. The van der Waals surface area contributed by atoms with Gasteiger partial charge in [-0.25, -0.2) is 9.97 Å². The third kappa shape index (κ3) is 2.74. The number of likely N-dealkylation sites (tertiary alicyclic amines) is 1. The minimum Gasteiger partial charge on any atom is -0.465 e. The zero-order chi connectivity index (χ0) is 15.9. The Hall–Kier alpha value is -2.21. The Kier molecular flexibility index (Phi) is 3.41. The lowest BCUT2D eigenvalue weighted by Crippen LogP contribution is -2.31. The van der Waals surface area contributed by atoms with Crippen LogP contribution >= 0.6 is 0 Å². The Morgan fingerprint density at radius 3 is 2.83 bits per heavy atom. The largest absolute Gasteiger partial charge is 0.465 e. The van der Waals surface area contributed by atoms with Gasteiger partial charge in [-0.15, -0.1) is 0 Å². The quantitative estimate of drug-likeness (QED) is 0.867. The lowest BCUT2D eigenvalue weighted by molar-refractivity contribution is -0.117. The summed E-state index contributed by atoms with van der Waals surface area (Å²) < 4.78 is 5.67. The van der Waals surface area contributed by atoms with Crippen LogP contribution < -0.4 is 4.90 Å². The zero-order valence-electron chi connectivity index (χ0n) is 13.2. The predicted molar refractivity (Wildman–Crippen MR) is 84.8 cm³/mol. The SMILES string of the molecule is Cc1ccc(CN2CC[C@]3(CC(=O)N(c4cncnc4)C3)C2)o1. The highest BCUT2D eigenvalue weighted by Gasteiger charge is 2.47. The third-order valence-electron chi connectivity index (χ3n) is 4.87. The average Bonchev–Trinajstić information content (AvgIpc) is 3.22. The van der Waals surface area contributed by atoms with Crippen LogP contribution in [0, 0.1) is 12.3 Å². The summed E-state index contributed by atoms with van der Waals surface area (Å²) in [7, 11) is 0. The Labute approximate surface area is 135 Å². The maximum atomic E-state index is 12.4. The minimum atomic E-state index is 0.0502. The van der Waals surface area contributed by atoms with Crippen LogP contribution in [0.2, 0.25) is 0 Å². The van der Waals surface area contributed by atoms with Gasteiger partial charge < -0.3 is 9.32 Å². The van der Waals surface area contributed by atoms with E-state index in [-0.39, 0.29) is 11.3 Å². The van der Waals surface area contributed by atoms with Crippen LogP contribution in [0.1, 0.15) is 24.4 Å². The molecule has 0 aromatic carbocycles. The molecule has 120 valence electrons. The number of carbonyl (C=O) groups is 1. The highest BCUT2D eigenvalue weighted by atomic mass is 16.3. The summed E-state index contributed by atoms with van der Waals surface area (Å²) >= 11 is 0. The Bertz CT molecular complexity index is 714. The molecule has 0 unspecified atom stereocenters. The lowest BCUT2D eigenvalue weighted by Gasteiger charge is -2.23. The van der Waals surface area contributed by atoms with Gasteiger partial charge in [0.25, 0.3) is 0 Å². The molecule has 6 nitrogen and oxygen atoms in total. The average molecular weight is 312 g/mol. The van der Waals surface area contributed by atoms with Crippen LogP contribution in [0.5, 0.6) is 0 Å². The molecule has 2 aliphatic rings. The van der Waals surface area contributed by atoms with Crippen molar-refractivity contribution in [3.05, 3.63) is 42.4 Å². The highest BCUT2D eigenvalue weighted by Crippen LogP contribution is 2.41. The summed E-state index contributed by atoms with van der Waals surface area (Å²) in [4.78, 5) is 24.7. The molecule has 0 saturated carbocycles. The van der Waals surface area contributed by atoms with E-state index in [0.717, 1.165) is 49.8 Å². The predicted octanol–water partition coefficient (Wildman–Crippen LogP) is 2.01. The summed E-state index contributed by atoms with van der Waals surface area (Å²) in [6.07, 6.45) is 6.56. The molecule has 2 saturated heterocycles. The normalized spacial score (nSPS) is 24.9. The van der Waals surface area contributed by atoms with Gasteiger partial charge in [-0.3, -0.25) is 9.69 Å². The molecule has 4 heterocycles. The Balaban J connectivity index is 1.45. The van der Waals surface area contributed by atoms with E-state index in [1.165, 1.54) is 6.33 Å². The Morgan fingerprint density at radius 1 is 1.26 bits per heavy atom. The number of hydrogen-bond acceptors (Lipinski definition) is 5. The molecule has 0 bridgehead atoms. The van der Waals surface area contributed by atoms with Crippen LogP contribution in [0.4, 0.5) is 5.69 Å². The molecule has 2 aromatic heterocycles. The summed E-state index contributed by atoms with van der Waals surface area (Å²) in [5, 5.41) is 0. The minimum absolute atomic E-state index is 0.0502. The molecule has 23 heavy (non-hydrogen) atoms. The molecule has 4 rings (SSSR count). The molecule has 1 atom stereocenters. The van der Waals surface area contributed by atoms with Crippen molar-refractivity contribution >= 4 is 11.6 Å². The van der Waals surface area contributed by atoms with Crippen LogP contribution in [-0.2, 0) is 11.3 Å². The summed E-state index contributed by atoms with van der Waals surface area (Å²) in [6.45, 7) is 5.48. The van der Waals surface area contributed by atoms with Crippen LogP contribution in [-0.4, -0.2) is 40.4 Å². The number of nitrogens with zero attached hydrogens (tertiary/aromatic N) is 4. The fourth-order valence-corrected chi connectivity index (χ4v) is 3.79. The van der Waals surface area contributed by atoms with Gasteiger partial charge in [0.05, 0.1) is 24.6 Å². The molecule has 1 spiro atoms. The molecule has 0 aliphatic carbocycles. The molecule has 2 fully saturated rings. The molecule has 0 N–H and O–H groups in total. The van der Waals surface area contributed by atoms with Gasteiger partial charge in [0.2, 0.25) is 5.91 Å². The van der Waals surface area contributed by atoms with Crippen molar-refractivity contribution in [1.82, 2.24) is 14.9 Å². The first-order chi connectivity index (χ1) is 11.1. The molecule has 2 aliphatic heterocycles. The van der Waals surface area contributed by atoms with Gasteiger partial charge in [-0.2, -0.15) is 0 Å². The first-order valence-electron chi connectivity index (χ1n) is 7.97. The van der Waals surface area contributed by atoms with E-state index >= 15 is 0 Å². The smallest absolute Gasteiger partial charge is 0.227 e. The third-order valence-corrected chi connectivity index (χ3v) is 4.87. The molecule has 0 radical (unpaired) electrons. The number of aromatic nitrogens is 2. The van der Waals surface area contributed by atoms with E-state index in [2.05, 4.69) is 14.9 Å². The Morgan fingerprint density at radius 2 is 2.09 bits per heavy atom. The van der Waals surface area contributed by atoms with E-state index in [4.69, 9.17) is 4.42 Å². The molecular formula is C17H20N4O2. The molecule has 6 heteroatoms. The van der Waals surface area contributed by atoms with Gasteiger partial charge in [-0.05, 0) is 32.0 Å². The van der Waals surface area contributed by atoms with E-state index in [1.807, 2.05) is 24.0 Å². The highest BCUT2D eigenvalue weighted by molar-refractivity contribution is 5.96. The number of carbonyl (C=O) groups excluding carboxylic acids is 1. The van der Waals surface area contributed by atoms with Gasteiger partial charge >= 0.3 is 0 Å². The van der Waals surface area contributed by atoms with E-state index < -0.39 is 0 Å². The summed E-state index contributed by atoms with van der Waals surface area (Å²) in [5.74, 6) is 2.12. The van der Waals surface area contributed by atoms with Crippen LogP contribution in [0.25, 0.3) is 0 Å². The topological polar surface area (TPSA) is 62.5 Å². The second-order valence-electron chi connectivity index (χ2n) is 6.73. The summed E-state index contributed by atoms with van der Waals surface area (Å²) in [6, 6.07) is 4.03. The lowest BCUT2D eigenvalue weighted by atomic mass is 9.86. The van der Waals surface area contributed by atoms with Gasteiger partial charge in [0.15, 0.2) is 0 Å². The maximum Gasteiger partial charge on any atom is 0.227 e. The van der Waals surface area contributed by atoms with Gasteiger partial charge in [0, 0.05) is 24.9 Å². The monoisotopic (exact) mass is 312 g/mol. The second-order valence-corrected chi connectivity index (χ2v) is 6.73. The fraction of sp³-hybridized carbons (Fsp3) is 0.471. The molecule has 2 aromatic rings. The molecular weight excluding hydrogens is 292 g/mol. The van der Waals surface area contributed by atoms with Crippen molar-refractivity contribution < 1.29 is 9.21 Å². The fourth-order valence-electron chi connectivity index (χ4n) is 3.79. The number of aryl methyl sites for hydroxylation is 1. The number of rotatable bonds is 3. The number of hydrogen-bond donors (Lipinski definition) is 0. The molecule has 1 amide bonds. The van der Waals surface area contributed by atoms with Crippen LogP contribution in [0.3, 0.4) is 0 Å². The second kappa shape index (κ2) is 5.45. The number of anilines is 1. The summed E-state index contributed by atoms with van der Waals surface area (Å²) in [5.41, 5.74) is 0.851. The first kappa shape index (κ1) is 14.4. The van der Waals surface area contributed by atoms with Crippen molar-refractivity contribution in [1.29, 1.82) is 0 Å². The van der Waals surface area contributed by atoms with E-state index in [0.29, 0.717) is 6.42 Å². The number of furan rings is 1. The van der Waals surface area contributed by atoms with Crippen molar-refractivity contribution in [2.24, 2.45) is 5.41 Å². The standard InChI is InChI=1S/C17H20N4O2/c1-13-2-3-15(23-13)9-20-5-4-17(10-20)6-16(22)21(11-17)14-7-18-12-19-8-14/h2-3,7-8,12H,4-6,9-11H2,1H3/t17-/m0/s1. The van der Waals surface area contributed by atoms with Crippen LogP contribution in [0.15, 0.2) is 35.3 Å². The van der Waals surface area contributed by atoms with E-state index in [9.17, 15) is 4.79 Å². The van der Waals surface area contributed by atoms with Crippen molar-refractivity contribution in [3.63, 3.8) is 0 Å². The number of amides is 1. The van der Waals surface area contributed by atoms with Gasteiger partial charge in [0.1, 0.15) is 17.8 Å². The van der Waals surface area contributed by atoms with Gasteiger partial charge in [-0.1, -0.05) is 0 Å². The first-order valence-corrected chi connectivity index (χ1v) is 7.97. The van der Waals surface area contributed by atoms with Crippen molar-refractivity contribution in [2.45, 2.75) is 26.3 Å². The zero-order valence-corrected chi connectivity index (χ0v) is 13.2.